The van der Waals surface area contributed by atoms with E-state index in [2.05, 4.69) is 20.2 Å². The maximum atomic E-state index is 11.5. The Morgan fingerprint density at radius 1 is 1.05 bits per heavy atom. The summed E-state index contributed by atoms with van der Waals surface area (Å²) in [6.07, 6.45) is -1.83. The molecule has 0 saturated carbocycles. The van der Waals surface area contributed by atoms with E-state index in [9.17, 15) is 16.8 Å². The Labute approximate surface area is 116 Å². The summed E-state index contributed by atoms with van der Waals surface area (Å²) < 4.78 is 57.3. The van der Waals surface area contributed by atoms with Gasteiger partial charge in [0, 0.05) is 0 Å². The molecule has 0 rings (SSSR count). The lowest BCUT2D eigenvalue weighted by atomic mass is 10.3. The smallest absolute Gasteiger partial charge is 0.294 e. The average molecular weight is 330 g/mol. The van der Waals surface area contributed by atoms with E-state index in [0.29, 0.717) is 0 Å². The molecule has 10 heteroatoms. The SMILES string of the molecule is CC(C#CC(C)OS(=O)(=O)O[Si](C)(C)C)O[SH](=O)=O. The molecular formula is C9H18O7S2Si. The van der Waals surface area contributed by atoms with Gasteiger partial charge in [0.15, 0.2) is 0 Å². The van der Waals surface area contributed by atoms with Crippen molar-refractivity contribution in [3.05, 3.63) is 0 Å². The lowest BCUT2D eigenvalue weighted by Gasteiger charge is -2.17. The molecule has 7 nitrogen and oxygen atoms in total. The minimum absolute atomic E-state index is 0.868. The molecule has 0 radical (unpaired) electrons. The second kappa shape index (κ2) is 7.37. The zero-order chi connectivity index (χ0) is 15.3. The first-order valence-corrected chi connectivity index (χ1v) is 11.2. The van der Waals surface area contributed by atoms with Crippen molar-refractivity contribution in [2.75, 3.05) is 0 Å². The molecule has 0 aliphatic heterocycles. The van der Waals surface area contributed by atoms with Crippen molar-refractivity contribution in [3.63, 3.8) is 0 Å². The quantitative estimate of drug-likeness (QED) is 0.428. The number of hydrogen-bond donors (Lipinski definition) is 1. The van der Waals surface area contributed by atoms with Crippen LogP contribution in [0.4, 0.5) is 0 Å². The normalized spacial score (nSPS) is 15.7. The molecule has 0 N–H and O–H groups in total. The first-order chi connectivity index (χ1) is 8.41. The standard InChI is InChI=1S/C9H18O7S2Si/c1-8(14-17(10)11)6-7-9(2)15-18(12,13)16-19(3,4)5/h8-9,17H,1-5H3. The van der Waals surface area contributed by atoms with E-state index in [1.54, 1.807) is 19.6 Å². The van der Waals surface area contributed by atoms with Crippen LogP contribution in [0.15, 0.2) is 0 Å². The Hall–Kier alpha value is -0.443. The summed E-state index contributed by atoms with van der Waals surface area (Å²) in [5.41, 5.74) is 0. The van der Waals surface area contributed by atoms with Crippen molar-refractivity contribution in [3.8, 4) is 11.8 Å². The fraction of sp³-hybridized carbons (Fsp3) is 0.778. The van der Waals surface area contributed by atoms with E-state index < -0.39 is 41.9 Å². The lowest BCUT2D eigenvalue weighted by molar-refractivity contribution is 0.242. The summed E-state index contributed by atoms with van der Waals surface area (Å²) in [5, 5.41) is 0. The highest BCUT2D eigenvalue weighted by molar-refractivity contribution is 7.83. The maximum absolute atomic E-state index is 11.5. The third-order valence-electron chi connectivity index (χ3n) is 1.35. The maximum Gasteiger partial charge on any atom is 0.391 e. The van der Waals surface area contributed by atoms with Gasteiger partial charge in [0.2, 0.25) is 8.32 Å². The highest BCUT2D eigenvalue weighted by Crippen LogP contribution is 2.11. The van der Waals surface area contributed by atoms with Crippen molar-refractivity contribution in [1.29, 1.82) is 0 Å². The monoisotopic (exact) mass is 330 g/mol. The molecule has 19 heavy (non-hydrogen) atoms. The average Bonchev–Trinajstić information content (AvgIpc) is 2.08. The number of hydrogen-bond acceptors (Lipinski definition) is 7. The van der Waals surface area contributed by atoms with Crippen molar-refractivity contribution < 1.29 is 29.1 Å². The van der Waals surface area contributed by atoms with E-state index in [1.807, 2.05) is 0 Å². The van der Waals surface area contributed by atoms with Crippen LogP contribution < -0.4 is 0 Å². The van der Waals surface area contributed by atoms with E-state index in [-0.39, 0.29) is 0 Å². The Bertz CT molecular complexity index is 513. The minimum atomic E-state index is -4.11. The molecule has 0 amide bonds. The van der Waals surface area contributed by atoms with Crippen LogP contribution in [0.1, 0.15) is 13.8 Å². The van der Waals surface area contributed by atoms with Gasteiger partial charge in [0.1, 0.15) is 12.2 Å². The molecule has 0 saturated heterocycles. The van der Waals surface area contributed by atoms with Crippen LogP contribution in [0, 0.1) is 11.8 Å². The second-order valence-corrected chi connectivity index (χ2v) is 11.2. The third kappa shape index (κ3) is 11.1. The molecule has 112 valence electrons. The summed E-state index contributed by atoms with van der Waals surface area (Å²) >= 11 is 0. The van der Waals surface area contributed by atoms with E-state index in [4.69, 9.17) is 3.87 Å². The molecule has 0 bridgehead atoms. The minimum Gasteiger partial charge on any atom is -0.294 e. The van der Waals surface area contributed by atoms with Crippen molar-refractivity contribution in [1.82, 2.24) is 0 Å². The van der Waals surface area contributed by atoms with Gasteiger partial charge in [-0.1, -0.05) is 11.8 Å². The van der Waals surface area contributed by atoms with E-state index in [0.717, 1.165) is 0 Å². The van der Waals surface area contributed by atoms with Crippen LogP contribution in [-0.2, 0) is 33.6 Å². The van der Waals surface area contributed by atoms with Gasteiger partial charge in [-0.3, -0.25) is 8.06 Å². The van der Waals surface area contributed by atoms with Gasteiger partial charge in [-0.2, -0.15) is 8.42 Å². The van der Waals surface area contributed by atoms with Crippen molar-refractivity contribution in [2.24, 2.45) is 0 Å². The van der Waals surface area contributed by atoms with Crippen LogP contribution in [0.2, 0.25) is 19.6 Å². The van der Waals surface area contributed by atoms with Gasteiger partial charge in [-0.25, -0.2) is 12.6 Å². The molecule has 0 aromatic heterocycles. The van der Waals surface area contributed by atoms with Crippen molar-refractivity contribution >= 4 is 29.7 Å². The number of thiol groups is 1. The molecule has 2 atom stereocenters. The molecule has 0 fully saturated rings. The van der Waals surface area contributed by atoms with Gasteiger partial charge in [0.25, 0.3) is 11.0 Å². The topological polar surface area (TPSA) is 96.0 Å². The van der Waals surface area contributed by atoms with Gasteiger partial charge >= 0.3 is 10.4 Å². The summed E-state index contributed by atoms with van der Waals surface area (Å²) in [6.45, 7) is 7.92. The van der Waals surface area contributed by atoms with Crippen LogP contribution in [0.5, 0.6) is 0 Å². The summed E-state index contributed by atoms with van der Waals surface area (Å²) in [6, 6.07) is 0. The van der Waals surface area contributed by atoms with Gasteiger partial charge in [0.05, 0.1) is 0 Å². The first kappa shape index (κ1) is 18.6. The zero-order valence-corrected chi connectivity index (χ0v) is 14.1. The third-order valence-corrected chi connectivity index (χ3v) is 5.18. The fourth-order valence-electron chi connectivity index (χ4n) is 0.917. The second-order valence-electron chi connectivity index (χ2n) is 4.60. The van der Waals surface area contributed by atoms with Crippen LogP contribution in [0.25, 0.3) is 0 Å². The zero-order valence-electron chi connectivity index (χ0n) is 11.4. The van der Waals surface area contributed by atoms with Crippen LogP contribution >= 0.6 is 0 Å². The molecule has 0 aromatic rings. The predicted molar refractivity (Wildman–Crippen MR) is 72.5 cm³/mol. The summed E-state index contributed by atoms with van der Waals surface area (Å²) in [7, 11) is -9.40. The highest BCUT2D eigenvalue weighted by Gasteiger charge is 2.26. The Kier molecular flexibility index (Phi) is 7.20. The van der Waals surface area contributed by atoms with Gasteiger partial charge in [-0.05, 0) is 33.5 Å². The van der Waals surface area contributed by atoms with Crippen LogP contribution in [-0.4, -0.2) is 37.4 Å². The number of rotatable bonds is 6. The van der Waals surface area contributed by atoms with Gasteiger partial charge < -0.3 is 0 Å². The Balaban J connectivity index is 4.55. The summed E-state index contributed by atoms with van der Waals surface area (Å²) in [5.74, 6) is 4.83. The van der Waals surface area contributed by atoms with Gasteiger partial charge in [-0.15, -0.1) is 0 Å². The molecule has 0 aliphatic carbocycles. The van der Waals surface area contributed by atoms with E-state index >= 15 is 0 Å². The largest absolute Gasteiger partial charge is 0.391 e. The first-order valence-electron chi connectivity index (χ1n) is 5.37. The molecule has 0 aromatic carbocycles. The lowest BCUT2D eigenvalue weighted by Crippen LogP contribution is -2.31. The van der Waals surface area contributed by atoms with Crippen LogP contribution in [0.3, 0.4) is 0 Å². The molecule has 0 aliphatic rings. The Morgan fingerprint density at radius 2 is 1.53 bits per heavy atom. The highest BCUT2D eigenvalue weighted by atomic mass is 32.3. The summed E-state index contributed by atoms with van der Waals surface area (Å²) in [4.78, 5) is 0. The Morgan fingerprint density at radius 3 is 1.95 bits per heavy atom. The predicted octanol–water partition coefficient (Wildman–Crippen LogP) is 0.423. The molecule has 0 heterocycles. The fourth-order valence-corrected chi connectivity index (χ4v) is 4.24. The molecule has 2 unspecified atom stereocenters. The molecule has 0 spiro atoms. The van der Waals surface area contributed by atoms with Crippen molar-refractivity contribution in [2.45, 2.75) is 45.7 Å². The van der Waals surface area contributed by atoms with E-state index in [1.165, 1.54) is 13.8 Å². The molecular weight excluding hydrogens is 312 g/mol.